The van der Waals surface area contributed by atoms with Gasteiger partial charge in [-0.15, -0.1) is 0 Å². The molecule has 0 aromatic carbocycles. The maximum absolute atomic E-state index is 11.3. The fraction of sp³-hybridized carbons (Fsp3) is 0.519. The lowest BCUT2D eigenvalue weighted by Crippen LogP contribution is -2.38. The Bertz CT molecular complexity index is 1020. The standard InChI is InChI=1S/C27H33NO3/c1-17-18(4-3-13-28-17)5-6-19-7-8-24-22-10-12-27(31)11-9-21(29)14-20(27)15-23(22)25(30)16-26(19,24)2/h3-7,13,15,21,24-25,29-31H,8-12,14,16H2,1-2H3/b6-5+/t21?,24?,25?,26?,27-/m0/s1. The second-order valence-corrected chi connectivity index (χ2v) is 10.2. The molecular weight excluding hydrogens is 386 g/mol. The van der Waals surface area contributed by atoms with E-state index in [-0.39, 0.29) is 11.5 Å². The molecule has 4 nitrogen and oxygen atoms in total. The van der Waals surface area contributed by atoms with E-state index in [1.165, 1.54) is 11.1 Å². The number of rotatable bonds is 2. The summed E-state index contributed by atoms with van der Waals surface area (Å²) < 4.78 is 0. The van der Waals surface area contributed by atoms with Gasteiger partial charge in [-0.1, -0.05) is 42.9 Å². The van der Waals surface area contributed by atoms with Gasteiger partial charge in [0.2, 0.25) is 0 Å². The van der Waals surface area contributed by atoms with Gasteiger partial charge in [-0.2, -0.15) is 0 Å². The Balaban J connectivity index is 1.47. The number of nitrogens with zero attached hydrogens (tertiary/aromatic N) is 1. The summed E-state index contributed by atoms with van der Waals surface area (Å²) in [6, 6.07) is 4.04. The zero-order valence-electron chi connectivity index (χ0n) is 18.5. The maximum Gasteiger partial charge on any atom is 0.0864 e. The molecular formula is C27H33NO3. The van der Waals surface area contributed by atoms with Gasteiger partial charge in [0.15, 0.2) is 0 Å². The summed E-state index contributed by atoms with van der Waals surface area (Å²) in [7, 11) is 0. The van der Waals surface area contributed by atoms with E-state index in [2.05, 4.69) is 36.2 Å². The van der Waals surface area contributed by atoms with Crippen LogP contribution < -0.4 is 0 Å². The van der Waals surface area contributed by atoms with Crippen LogP contribution in [0.5, 0.6) is 0 Å². The van der Waals surface area contributed by atoms with Crippen molar-refractivity contribution in [2.45, 2.75) is 76.6 Å². The summed E-state index contributed by atoms with van der Waals surface area (Å²) in [4.78, 5) is 4.38. The molecule has 0 saturated heterocycles. The van der Waals surface area contributed by atoms with Gasteiger partial charge in [0.05, 0.1) is 17.8 Å². The van der Waals surface area contributed by atoms with Gasteiger partial charge in [-0.3, -0.25) is 4.98 Å². The van der Waals surface area contributed by atoms with E-state index in [1.807, 2.05) is 25.3 Å². The van der Waals surface area contributed by atoms with Crippen molar-refractivity contribution in [1.29, 1.82) is 0 Å². The largest absolute Gasteiger partial charge is 0.393 e. The summed E-state index contributed by atoms with van der Waals surface area (Å²) in [5, 5.41) is 32.7. The van der Waals surface area contributed by atoms with Crippen molar-refractivity contribution in [2.75, 3.05) is 0 Å². The number of hydrogen-bond acceptors (Lipinski definition) is 4. The number of aliphatic hydroxyl groups excluding tert-OH is 2. The first kappa shape index (κ1) is 20.9. The van der Waals surface area contributed by atoms with Crippen LogP contribution in [0.25, 0.3) is 6.08 Å². The van der Waals surface area contributed by atoms with Crippen molar-refractivity contribution in [3.8, 4) is 0 Å². The minimum absolute atomic E-state index is 0.110. The van der Waals surface area contributed by atoms with Crippen LogP contribution >= 0.6 is 0 Å². The number of aromatic nitrogens is 1. The third-order valence-electron chi connectivity index (χ3n) is 8.34. The molecule has 1 aromatic heterocycles. The van der Waals surface area contributed by atoms with E-state index < -0.39 is 11.7 Å². The predicted octanol–water partition coefficient (Wildman–Crippen LogP) is 4.41. The minimum atomic E-state index is -0.834. The molecule has 0 aliphatic heterocycles. The molecule has 0 amide bonds. The van der Waals surface area contributed by atoms with E-state index in [0.717, 1.165) is 35.2 Å². The molecule has 4 heteroatoms. The summed E-state index contributed by atoms with van der Waals surface area (Å²) in [6.07, 6.45) is 14.5. The maximum atomic E-state index is 11.3. The molecule has 0 spiro atoms. The van der Waals surface area contributed by atoms with Crippen LogP contribution in [0.1, 0.15) is 63.1 Å². The van der Waals surface area contributed by atoms with E-state index >= 15 is 0 Å². The normalized spacial score (nSPS) is 37.6. The van der Waals surface area contributed by atoms with Crippen molar-refractivity contribution >= 4 is 6.08 Å². The van der Waals surface area contributed by atoms with Crippen LogP contribution in [-0.2, 0) is 0 Å². The van der Waals surface area contributed by atoms with Crippen molar-refractivity contribution in [3.05, 3.63) is 70.1 Å². The lowest BCUT2D eigenvalue weighted by molar-refractivity contribution is 0.00858. The average molecular weight is 420 g/mol. The first-order valence-electron chi connectivity index (χ1n) is 11.6. The Morgan fingerprint density at radius 3 is 2.84 bits per heavy atom. The zero-order valence-corrected chi connectivity index (χ0v) is 18.5. The Morgan fingerprint density at radius 1 is 1.19 bits per heavy atom. The Hall–Kier alpha value is -2.01. The molecule has 1 aromatic rings. The molecule has 5 rings (SSSR count). The van der Waals surface area contributed by atoms with Gasteiger partial charge in [0, 0.05) is 17.3 Å². The molecule has 31 heavy (non-hydrogen) atoms. The van der Waals surface area contributed by atoms with Gasteiger partial charge in [0.1, 0.15) is 0 Å². The van der Waals surface area contributed by atoms with Gasteiger partial charge < -0.3 is 15.3 Å². The lowest BCUT2D eigenvalue weighted by atomic mass is 9.62. The molecule has 1 fully saturated rings. The van der Waals surface area contributed by atoms with Crippen molar-refractivity contribution in [1.82, 2.24) is 4.98 Å². The SMILES string of the molecule is Cc1ncccc1/C=C/C1=CCC2C3=C(C=C4CC(O)CC[C@]4(O)CC3)C(O)CC12C. The average Bonchev–Trinajstić information content (AvgIpc) is 2.96. The van der Waals surface area contributed by atoms with Crippen LogP contribution in [-0.4, -0.2) is 38.1 Å². The van der Waals surface area contributed by atoms with Gasteiger partial charge >= 0.3 is 0 Å². The first-order valence-corrected chi connectivity index (χ1v) is 11.6. The number of aryl methyl sites for hydroxylation is 1. The molecule has 1 heterocycles. The third-order valence-corrected chi connectivity index (χ3v) is 8.34. The molecule has 0 radical (unpaired) electrons. The molecule has 4 aliphatic rings. The van der Waals surface area contributed by atoms with Crippen LogP contribution in [0.2, 0.25) is 0 Å². The highest BCUT2D eigenvalue weighted by molar-refractivity contribution is 5.57. The fourth-order valence-corrected chi connectivity index (χ4v) is 6.39. The molecule has 0 bridgehead atoms. The second kappa shape index (κ2) is 7.54. The second-order valence-electron chi connectivity index (χ2n) is 10.2. The summed E-state index contributed by atoms with van der Waals surface area (Å²) >= 11 is 0. The molecule has 3 N–H and O–H groups in total. The van der Waals surface area contributed by atoms with Crippen LogP contribution in [0.3, 0.4) is 0 Å². The van der Waals surface area contributed by atoms with Crippen LogP contribution in [0.4, 0.5) is 0 Å². The number of aliphatic hydroxyl groups is 3. The number of fused-ring (bicyclic) bond motifs is 3. The molecule has 4 unspecified atom stereocenters. The minimum Gasteiger partial charge on any atom is -0.393 e. The number of pyridine rings is 1. The van der Waals surface area contributed by atoms with Crippen molar-refractivity contribution in [2.24, 2.45) is 11.3 Å². The van der Waals surface area contributed by atoms with Crippen LogP contribution in [0, 0.1) is 18.3 Å². The van der Waals surface area contributed by atoms with Crippen LogP contribution in [0.15, 0.2) is 58.9 Å². The van der Waals surface area contributed by atoms with Crippen molar-refractivity contribution < 1.29 is 15.3 Å². The fourth-order valence-electron chi connectivity index (χ4n) is 6.39. The Labute approximate surface area is 184 Å². The summed E-state index contributed by atoms with van der Waals surface area (Å²) in [5.41, 5.74) is 5.71. The highest BCUT2D eigenvalue weighted by atomic mass is 16.3. The molecule has 5 atom stereocenters. The zero-order chi connectivity index (χ0) is 21.8. The van der Waals surface area contributed by atoms with E-state index in [4.69, 9.17) is 0 Å². The smallest absolute Gasteiger partial charge is 0.0864 e. The predicted molar refractivity (Wildman–Crippen MR) is 122 cm³/mol. The van der Waals surface area contributed by atoms with E-state index in [0.29, 0.717) is 38.0 Å². The molecule has 1 saturated carbocycles. The van der Waals surface area contributed by atoms with Gasteiger partial charge in [-0.25, -0.2) is 0 Å². The highest BCUT2D eigenvalue weighted by Crippen LogP contribution is 2.57. The number of allylic oxidation sites excluding steroid dienone is 4. The van der Waals surface area contributed by atoms with Crippen molar-refractivity contribution in [3.63, 3.8) is 0 Å². The lowest BCUT2D eigenvalue weighted by Gasteiger charge is -2.43. The van der Waals surface area contributed by atoms with Gasteiger partial charge in [0.25, 0.3) is 0 Å². The van der Waals surface area contributed by atoms with E-state index in [1.54, 1.807) is 0 Å². The Kier molecular flexibility index (Phi) is 5.08. The van der Waals surface area contributed by atoms with E-state index in [9.17, 15) is 15.3 Å². The number of hydrogen-bond donors (Lipinski definition) is 3. The molecule has 164 valence electrons. The monoisotopic (exact) mass is 419 g/mol. The first-order chi connectivity index (χ1) is 14.8. The molecule has 4 aliphatic carbocycles. The highest BCUT2D eigenvalue weighted by Gasteiger charge is 2.50. The summed E-state index contributed by atoms with van der Waals surface area (Å²) in [6.45, 7) is 4.31. The Morgan fingerprint density at radius 2 is 2.03 bits per heavy atom. The quantitative estimate of drug-likeness (QED) is 0.664. The third kappa shape index (κ3) is 3.45. The topological polar surface area (TPSA) is 73.6 Å². The van der Waals surface area contributed by atoms with Gasteiger partial charge in [-0.05, 0) is 86.1 Å². The summed E-state index contributed by atoms with van der Waals surface area (Å²) in [5.74, 6) is 0.353.